The largest absolute Gasteiger partial charge is 0.449 e. The molecule has 0 radical (unpaired) electrons. The van der Waals surface area contributed by atoms with Crippen molar-refractivity contribution in [3.8, 4) is 17.2 Å². The van der Waals surface area contributed by atoms with Gasteiger partial charge in [0.2, 0.25) is 0 Å². The summed E-state index contributed by atoms with van der Waals surface area (Å²) in [6.07, 6.45) is -0.804. The molecule has 0 aromatic heterocycles. The summed E-state index contributed by atoms with van der Waals surface area (Å²) in [4.78, 5) is 25.9. The van der Waals surface area contributed by atoms with Gasteiger partial charge in [0, 0.05) is 10.7 Å². The Hall–Kier alpha value is -3.30. The van der Waals surface area contributed by atoms with Gasteiger partial charge in [0.05, 0.1) is 18.2 Å². The van der Waals surface area contributed by atoms with Crippen LogP contribution in [0, 0.1) is 11.3 Å². The van der Waals surface area contributed by atoms with Gasteiger partial charge in [-0.05, 0) is 48.7 Å². The van der Waals surface area contributed by atoms with Crippen LogP contribution in [0.15, 0.2) is 59.8 Å². The number of urea groups is 1. The summed E-state index contributed by atoms with van der Waals surface area (Å²) < 4.78 is 5.04. The molecule has 2 aromatic carbocycles. The van der Waals surface area contributed by atoms with E-state index in [2.05, 4.69) is 11.4 Å². The maximum Gasteiger partial charge on any atom is 0.418 e. The predicted molar refractivity (Wildman–Crippen MR) is 105 cm³/mol. The topological polar surface area (TPSA) is 82.4 Å². The van der Waals surface area contributed by atoms with E-state index in [1.165, 1.54) is 0 Å². The van der Waals surface area contributed by atoms with Crippen LogP contribution in [0.25, 0.3) is 11.1 Å². The van der Waals surface area contributed by atoms with Gasteiger partial charge in [-0.15, -0.1) is 0 Å². The van der Waals surface area contributed by atoms with Crippen LogP contribution in [-0.2, 0) is 4.74 Å². The van der Waals surface area contributed by atoms with Crippen molar-refractivity contribution in [3.05, 3.63) is 70.4 Å². The normalized spacial score (nSPS) is 16.4. The van der Waals surface area contributed by atoms with Gasteiger partial charge in [-0.25, -0.2) is 14.5 Å². The third kappa shape index (κ3) is 3.71. The number of hydrogen-bond acceptors (Lipinski definition) is 4. The quantitative estimate of drug-likeness (QED) is 0.790. The first-order valence-corrected chi connectivity index (χ1v) is 9.07. The summed E-state index contributed by atoms with van der Waals surface area (Å²) in [5.41, 5.74) is 3.12. The molecule has 0 fully saturated rings. The Labute approximate surface area is 168 Å². The Balaban J connectivity index is 2.11. The van der Waals surface area contributed by atoms with E-state index in [-0.39, 0.29) is 12.2 Å². The lowest BCUT2D eigenvalue weighted by molar-refractivity contribution is 0.104. The number of rotatable bonds is 3. The van der Waals surface area contributed by atoms with Gasteiger partial charge in [0.25, 0.3) is 0 Å². The van der Waals surface area contributed by atoms with E-state index in [4.69, 9.17) is 16.3 Å². The van der Waals surface area contributed by atoms with Gasteiger partial charge < -0.3 is 10.1 Å². The molecule has 2 aromatic rings. The molecule has 3 rings (SSSR count). The lowest BCUT2D eigenvalue weighted by Gasteiger charge is -2.34. The zero-order valence-corrected chi connectivity index (χ0v) is 16.2. The molecular formula is C21H18ClN3O3. The van der Waals surface area contributed by atoms with Crippen LogP contribution >= 0.6 is 11.6 Å². The first kappa shape index (κ1) is 19.5. The van der Waals surface area contributed by atoms with E-state index in [1.54, 1.807) is 32.0 Å². The van der Waals surface area contributed by atoms with Gasteiger partial charge in [0.1, 0.15) is 6.04 Å². The maximum atomic E-state index is 12.5. The molecule has 6 nitrogen and oxygen atoms in total. The smallest absolute Gasteiger partial charge is 0.418 e. The Morgan fingerprint density at radius 3 is 2.61 bits per heavy atom. The lowest BCUT2D eigenvalue weighted by Crippen LogP contribution is -2.50. The fourth-order valence-corrected chi connectivity index (χ4v) is 3.24. The molecule has 1 unspecified atom stereocenters. The molecular weight excluding hydrogens is 378 g/mol. The van der Waals surface area contributed by atoms with Crippen molar-refractivity contribution in [1.82, 2.24) is 10.2 Å². The third-order valence-electron chi connectivity index (χ3n) is 4.41. The molecule has 7 heteroatoms. The number of amides is 3. The summed E-state index contributed by atoms with van der Waals surface area (Å²) in [5, 5.41) is 12.9. The molecule has 0 saturated carbocycles. The molecule has 1 aliphatic heterocycles. The van der Waals surface area contributed by atoms with Crippen LogP contribution in [0.4, 0.5) is 9.59 Å². The Morgan fingerprint density at radius 1 is 1.25 bits per heavy atom. The zero-order chi connectivity index (χ0) is 20.3. The fraction of sp³-hybridized carbons (Fsp3) is 0.190. The van der Waals surface area contributed by atoms with Crippen molar-refractivity contribution < 1.29 is 14.3 Å². The number of ether oxygens (including phenoxy) is 1. The van der Waals surface area contributed by atoms with Crippen LogP contribution in [-0.4, -0.2) is 23.6 Å². The van der Waals surface area contributed by atoms with E-state index in [0.29, 0.717) is 16.3 Å². The summed E-state index contributed by atoms with van der Waals surface area (Å²) in [6, 6.07) is 15.3. The van der Waals surface area contributed by atoms with E-state index in [0.717, 1.165) is 16.0 Å². The predicted octanol–water partition coefficient (Wildman–Crippen LogP) is 5.03. The highest BCUT2D eigenvalue weighted by atomic mass is 35.5. The Bertz CT molecular complexity index is 993. The first-order valence-electron chi connectivity index (χ1n) is 8.70. The van der Waals surface area contributed by atoms with Crippen molar-refractivity contribution in [2.45, 2.75) is 19.9 Å². The molecule has 1 atom stereocenters. The van der Waals surface area contributed by atoms with Crippen molar-refractivity contribution >= 4 is 23.7 Å². The average Bonchev–Trinajstić information content (AvgIpc) is 2.68. The number of nitriles is 1. The van der Waals surface area contributed by atoms with Crippen LogP contribution in [0.2, 0.25) is 5.02 Å². The lowest BCUT2D eigenvalue weighted by atomic mass is 9.92. The molecule has 0 spiro atoms. The number of halogens is 1. The van der Waals surface area contributed by atoms with E-state index >= 15 is 0 Å². The third-order valence-corrected chi connectivity index (χ3v) is 4.67. The number of imide groups is 1. The number of allylic oxidation sites excluding steroid dienone is 1. The highest BCUT2D eigenvalue weighted by Crippen LogP contribution is 2.35. The summed E-state index contributed by atoms with van der Waals surface area (Å²) in [5.74, 6) is 0. The number of nitrogens with one attached hydrogen (secondary N) is 1. The van der Waals surface area contributed by atoms with Crippen molar-refractivity contribution in [2.75, 3.05) is 6.61 Å². The minimum atomic E-state index is -0.870. The highest BCUT2D eigenvalue weighted by molar-refractivity contribution is 6.30. The van der Waals surface area contributed by atoms with Crippen molar-refractivity contribution in [3.63, 3.8) is 0 Å². The van der Waals surface area contributed by atoms with Gasteiger partial charge in [-0.3, -0.25) is 0 Å². The molecule has 0 aliphatic carbocycles. The molecule has 142 valence electrons. The number of hydrogen-bond donors (Lipinski definition) is 1. The van der Waals surface area contributed by atoms with Crippen molar-refractivity contribution in [1.29, 1.82) is 5.26 Å². The van der Waals surface area contributed by atoms with Crippen LogP contribution in [0.3, 0.4) is 0 Å². The SMILES string of the molecule is CCOC(=O)N1C(=O)NC(C)=C(C#N)C1c1cccc(-c2ccc(Cl)cc2)c1. The molecule has 28 heavy (non-hydrogen) atoms. The minimum absolute atomic E-state index is 0.116. The maximum absolute atomic E-state index is 12.5. The molecule has 0 saturated heterocycles. The zero-order valence-electron chi connectivity index (χ0n) is 15.4. The monoisotopic (exact) mass is 395 g/mol. The van der Waals surface area contributed by atoms with E-state index in [9.17, 15) is 14.9 Å². The second-order valence-electron chi connectivity index (χ2n) is 6.18. The molecule has 1 heterocycles. The molecule has 1 N–H and O–H groups in total. The minimum Gasteiger partial charge on any atom is -0.449 e. The molecule has 3 amide bonds. The first-order chi connectivity index (χ1) is 13.5. The summed E-state index contributed by atoms with van der Waals surface area (Å²) in [7, 11) is 0. The standard InChI is InChI=1S/C21H18ClN3O3/c1-3-28-21(27)25-19(18(12-23)13(2)24-20(25)26)16-6-4-5-15(11-16)14-7-9-17(22)10-8-14/h4-11,19H,3H2,1-2H3,(H,24,26). The van der Waals surface area contributed by atoms with E-state index in [1.807, 2.05) is 30.3 Å². The number of carbonyl (C=O) groups is 2. The second-order valence-corrected chi connectivity index (χ2v) is 6.62. The van der Waals surface area contributed by atoms with E-state index < -0.39 is 18.2 Å². The van der Waals surface area contributed by atoms with Crippen molar-refractivity contribution in [2.24, 2.45) is 0 Å². The number of carbonyl (C=O) groups excluding carboxylic acids is 2. The Morgan fingerprint density at radius 2 is 1.96 bits per heavy atom. The summed E-state index contributed by atoms with van der Waals surface area (Å²) in [6.45, 7) is 3.40. The van der Waals surface area contributed by atoms with Gasteiger partial charge in [-0.2, -0.15) is 5.26 Å². The van der Waals surface area contributed by atoms with Gasteiger partial charge in [-0.1, -0.05) is 41.9 Å². The van der Waals surface area contributed by atoms with Crippen LogP contribution < -0.4 is 5.32 Å². The number of benzene rings is 2. The average molecular weight is 396 g/mol. The molecule has 0 bridgehead atoms. The van der Waals surface area contributed by atoms with Gasteiger partial charge >= 0.3 is 12.1 Å². The summed E-state index contributed by atoms with van der Waals surface area (Å²) >= 11 is 5.96. The highest BCUT2D eigenvalue weighted by Gasteiger charge is 2.39. The van der Waals surface area contributed by atoms with Gasteiger partial charge in [0.15, 0.2) is 0 Å². The second kappa shape index (κ2) is 8.15. The fourth-order valence-electron chi connectivity index (χ4n) is 3.11. The molecule has 1 aliphatic rings. The number of nitrogens with zero attached hydrogens (tertiary/aromatic N) is 2. The van der Waals surface area contributed by atoms with Crippen LogP contribution in [0.5, 0.6) is 0 Å². The van der Waals surface area contributed by atoms with Crippen LogP contribution in [0.1, 0.15) is 25.5 Å². The Kier molecular flexibility index (Phi) is 5.67.